The molecule has 1 N–H and O–H groups in total. The molecule has 0 bridgehead atoms. The van der Waals surface area contributed by atoms with Gasteiger partial charge in [-0.1, -0.05) is 6.07 Å². The van der Waals surface area contributed by atoms with Crippen molar-refractivity contribution in [1.29, 1.82) is 0 Å². The first-order valence-corrected chi connectivity index (χ1v) is 9.63. The fourth-order valence-corrected chi connectivity index (χ4v) is 4.40. The molecule has 24 heavy (non-hydrogen) atoms. The Morgan fingerprint density at radius 2 is 2.17 bits per heavy atom. The highest BCUT2D eigenvalue weighted by atomic mass is 16.5. The van der Waals surface area contributed by atoms with Gasteiger partial charge in [0.1, 0.15) is 12.4 Å². The summed E-state index contributed by atoms with van der Waals surface area (Å²) in [5.41, 5.74) is 2.39. The first kappa shape index (κ1) is 16.2. The van der Waals surface area contributed by atoms with Crippen molar-refractivity contribution in [1.82, 2.24) is 4.90 Å². The summed E-state index contributed by atoms with van der Waals surface area (Å²) in [7, 11) is 0. The van der Waals surface area contributed by atoms with Gasteiger partial charge in [-0.3, -0.25) is 0 Å². The average Bonchev–Trinajstić information content (AvgIpc) is 3.25. The van der Waals surface area contributed by atoms with Crippen LogP contribution in [-0.4, -0.2) is 49.4 Å². The molecular formula is C20H30N2O2. The zero-order valence-corrected chi connectivity index (χ0v) is 14.8. The van der Waals surface area contributed by atoms with Crippen molar-refractivity contribution in [2.75, 3.05) is 31.6 Å². The summed E-state index contributed by atoms with van der Waals surface area (Å²) in [5.74, 6) is 0.986. The van der Waals surface area contributed by atoms with Crippen LogP contribution in [0.3, 0.4) is 0 Å². The Labute approximate surface area is 145 Å². The monoisotopic (exact) mass is 330 g/mol. The molecule has 0 unspecified atom stereocenters. The molecule has 4 heteroatoms. The van der Waals surface area contributed by atoms with Crippen LogP contribution in [0.25, 0.3) is 0 Å². The van der Waals surface area contributed by atoms with E-state index < -0.39 is 0 Å². The lowest BCUT2D eigenvalue weighted by Crippen LogP contribution is -2.42. The third kappa shape index (κ3) is 3.70. The molecule has 0 radical (unpaired) electrons. The largest absolute Gasteiger partial charge is 0.489 e. The highest BCUT2D eigenvalue weighted by Gasteiger charge is 2.31. The molecule has 3 saturated heterocycles. The molecule has 0 aliphatic carbocycles. The molecule has 1 aromatic carbocycles. The van der Waals surface area contributed by atoms with E-state index >= 15 is 0 Å². The highest BCUT2D eigenvalue weighted by molar-refractivity contribution is 5.58. The van der Waals surface area contributed by atoms with E-state index in [4.69, 9.17) is 9.47 Å². The number of hydrogen-bond acceptors (Lipinski definition) is 4. The zero-order valence-electron chi connectivity index (χ0n) is 14.8. The minimum absolute atomic E-state index is 0.264. The minimum Gasteiger partial charge on any atom is -0.489 e. The lowest BCUT2D eigenvalue weighted by Gasteiger charge is -2.35. The predicted octanol–water partition coefficient (Wildman–Crippen LogP) is 3.59. The van der Waals surface area contributed by atoms with E-state index in [1.165, 1.54) is 44.3 Å². The van der Waals surface area contributed by atoms with Gasteiger partial charge in [0.2, 0.25) is 0 Å². The van der Waals surface area contributed by atoms with E-state index in [0.29, 0.717) is 12.6 Å². The summed E-state index contributed by atoms with van der Waals surface area (Å²) in [6.45, 7) is 6.21. The second-order valence-electron chi connectivity index (χ2n) is 7.64. The van der Waals surface area contributed by atoms with Gasteiger partial charge < -0.3 is 19.7 Å². The van der Waals surface area contributed by atoms with Crippen LogP contribution in [0, 0.1) is 6.92 Å². The van der Waals surface area contributed by atoms with Crippen molar-refractivity contribution >= 4 is 5.69 Å². The quantitative estimate of drug-likeness (QED) is 0.894. The maximum Gasteiger partial charge on any atom is 0.142 e. The number of nitrogens with zero attached hydrogens (tertiary/aromatic N) is 1. The molecule has 132 valence electrons. The van der Waals surface area contributed by atoms with Gasteiger partial charge in [-0.15, -0.1) is 0 Å². The minimum atomic E-state index is 0.264. The number of rotatable bonds is 5. The normalized spacial score (nSPS) is 30.3. The van der Waals surface area contributed by atoms with Crippen LogP contribution < -0.4 is 10.1 Å². The molecule has 0 amide bonds. The van der Waals surface area contributed by atoms with Crippen molar-refractivity contribution in [3.05, 3.63) is 23.8 Å². The Balaban J connectivity index is 1.40. The maximum absolute atomic E-state index is 6.13. The summed E-state index contributed by atoms with van der Waals surface area (Å²) in [6.07, 6.45) is 7.78. The molecular weight excluding hydrogens is 300 g/mol. The molecule has 3 aliphatic heterocycles. The Hall–Kier alpha value is -1.26. The number of anilines is 1. The Morgan fingerprint density at radius 1 is 1.21 bits per heavy atom. The third-order valence-corrected chi connectivity index (χ3v) is 5.77. The number of aryl methyl sites for hydroxylation is 1. The van der Waals surface area contributed by atoms with Gasteiger partial charge in [0.25, 0.3) is 0 Å². The van der Waals surface area contributed by atoms with E-state index in [9.17, 15) is 0 Å². The van der Waals surface area contributed by atoms with Crippen molar-refractivity contribution in [2.24, 2.45) is 0 Å². The molecule has 3 heterocycles. The van der Waals surface area contributed by atoms with Crippen LogP contribution in [0.1, 0.15) is 44.1 Å². The Bertz CT molecular complexity index is 557. The zero-order chi connectivity index (χ0) is 16.4. The molecule has 4 rings (SSSR count). The summed E-state index contributed by atoms with van der Waals surface area (Å²) >= 11 is 0. The summed E-state index contributed by atoms with van der Waals surface area (Å²) in [4.78, 5) is 2.67. The van der Waals surface area contributed by atoms with Crippen molar-refractivity contribution < 1.29 is 9.47 Å². The molecule has 1 aromatic rings. The molecule has 0 spiro atoms. The Morgan fingerprint density at radius 3 is 3.04 bits per heavy atom. The number of benzene rings is 1. The van der Waals surface area contributed by atoms with Crippen LogP contribution in [-0.2, 0) is 4.74 Å². The SMILES string of the molecule is Cc1ccc(N[C@@H]2CCN3CCC[C@@H]3C2)c(OC[C@@H]2CCCO2)c1. The van der Waals surface area contributed by atoms with E-state index in [1.807, 2.05) is 0 Å². The summed E-state index contributed by atoms with van der Waals surface area (Å²) in [6, 6.07) is 7.87. The van der Waals surface area contributed by atoms with Crippen molar-refractivity contribution in [2.45, 2.75) is 63.6 Å². The van der Waals surface area contributed by atoms with Gasteiger partial charge in [0.05, 0.1) is 11.8 Å². The number of nitrogens with one attached hydrogen (secondary N) is 1. The van der Waals surface area contributed by atoms with Crippen molar-refractivity contribution in [3.8, 4) is 5.75 Å². The van der Waals surface area contributed by atoms with Crippen molar-refractivity contribution in [3.63, 3.8) is 0 Å². The smallest absolute Gasteiger partial charge is 0.142 e. The third-order valence-electron chi connectivity index (χ3n) is 5.77. The highest BCUT2D eigenvalue weighted by Crippen LogP contribution is 2.32. The van der Waals surface area contributed by atoms with E-state index in [2.05, 4.69) is 35.3 Å². The predicted molar refractivity (Wildman–Crippen MR) is 96.9 cm³/mol. The maximum atomic E-state index is 6.13. The van der Waals surface area contributed by atoms with Gasteiger partial charge in [0.15, 0.2) is 0 Å². The van der Waals surface area contributed by atoms with Crippen LogP contribution in [0.4, 0.5) is 5.69 Å². The summed E-state index contributed by atoms with van der Waals surface area (Å²) in [5, 5.41) is 3.77. The van der Waals surface area contributed by atoms with Crippen LogP contribution >= 0.6 is 0 Å². The van der Waals surface area contributed by atoms with E-state index in [0.717, 1.165) is 36.9 Å². The van der Waals surface area contributed by atoms with Gasteiger partial charge in [-0.25, -0.2) is 0 Å². The van der Waals surface area contributed by atoms with E-state index in [1.54, 1.807) is 0 Å². The van der Waals surface area contributed by atoms with Crippen LogP contribution in [0.2, 0.25) is 0 Å². The second kappa shape index (κ2) is 7.32. The molecule has 3 atom stereocenters. The lowest BCUT2D eigenvalue weighted by atomic mass is 9.97. The van der Waals surface area contributed by atoms with Crippen LogP contribution in [0.15, 0.2) is 18.2 Å². The fraction of sp³-hybridized carbons (Fsp3) is 0.700. The Kier molecular flexibility index (Phi) is 4.95. The topological polar surface area (TPSA) is 33.7 Å². The second-order valence-corrected chi connectivity index (χ2v) is 7.64. The van der Waals surface area contributed by atoms with Gasteiger partial charge in [0, 0.05) is 25.2 Å². The molecule has 3 aliphatic rings. The van der Waals surface area contributed by atoms with Gasteiger partial charge in [-0.05, 0) is 69.7 Å². The molecule has 4 nitrogen and oxygen atoms in total. The number of fused-ring (bicyclic) bond motifs is 1. The van der Waals surface area contributed by atoms with E-state index in [-0.39, 0.29) is 6.10 Å². The van der Waals surface area contributed by atoms with Gasteiger partial charge >= 0.3 is 0 Å². The average molecular weight is 330 g/mol. The lowest BCUT2D eigenvalue weighted by molar-refractivity contribution is 0.0681. The number of ether oxygens (including phenoxy) is 2. The fourth-order valence-electron chi connectivity index (χ4n) is 4.40. The van der Waals surface area contributed by atoms with Gasteiger partial charge in [-0.2, -0.15) is 0 Å². The number of piperidine rings is 1. The first-order chi connectivity index (χ1) is 11.8. The summed E-state index contributed by atoms with van der Waals surface area (Å²) < 4.78 is 11.8. The standard InChI is InChI=1S/C20H30N2O2/c1-15-6-7-19(20(12-15)24-14-18-5-3-11-23-18)21-16-8-10-22-9-2-4-17(22)13-16/h6-7,12,16-18,21H,2-5,8-11,13-14H2,1H3/t16-,17-,18+/m1/s1. The molecule has 0 saturated carbocycles. The molecule has 0 aromatic heterocycles. The number of hydrogen-bond donors (Lipinski definition) is 1. The molecule has 3 fully saturated rings. The first-order valence-electron chi connectivity index (χ1n) is 9.63. The van der Waals surface area contributed by atoms with Crippen LogP contribution in [0.5, 0.6) is 5.75 Å².